The van der Waals surface area contributed by atoms with E-state index in [2.05, 4.69) is 10.6 Å². The Bertz CT molecular complexity index is 749. The number of thiocarbonyl (C=S) groups is 1. The van der Waals surface area contributed by atoms with Crippen LogP contribution in [0.1, 0.15) is 20.7 Å². The monoisotopic (exact) mass is 318 g/mol. The van der Waals surface area contributed by atoms with Crippen LogP contribution < -0.4 is 10.6 Å². The molecule has 0 saturated heterocycles. The van der Waals surface area contributed by atoms with E-state index in [1.54, 1.807) is 12.1 Å². The number of hydrogen-bond acceptors (Lipinski definition) is 3. The summed E-state index contributed by atoms with van der Waals surface area (Å²) in [5.41, 5.74) is 0.0805. The lowest BCUT2D eigenvalue weighted by Gasteiger charge is -2.11. The Labute approximate surface area is 130 Å². The lowest BCUT2D eigenvalue weighted by molar-refractivity contribution is 0.0697. The van der Waals surface area contributed by atoms with Gasteiger partial charge in [0.15, 0.2) is 5.11 Å². The normalized spacial score (nSPS) is 9.86. The Hall–Kier alpha value is -2.80. The van der Waals surface area contributed by atoms with Gasteiger partial charge in [-0.05, 0) is 36.5 Å². The molecule has 0 spiro atoms. The molecule has 0 heterocycles. The molecular weight excluding hydrogens is 307 g/mol. The summed E-state index contributed by atoms with van der Waals surface area (Å²) in [5, 5.41) is 13.8. The highest BCUT2D eigenvalue weighted by Crippen LogP contribution is 2.14. The van der Waals surface area contributed by atoms with Crippen LogP contribution in [-0.4, -0.2) is 22.1 Å². The summed E-state index contributed by atoms with van der Waals surface area (Å²) >= 11 is 4.94. The van der Waals surface area contributed by atoms with Crippen LogP contribution in [0.3, 0.4) is 0 Å². The van der Waals surface area contributed by atoms with Gasteiger partial charge in [0.1, 0.15) is 5.82 Å². The van der Waals surface area contributed by atoms with Gasteiger partial charge in [-0.1, -0.05) is 24.3 Å². The molecule has 2 aromatic rings. The Kier molecular flexibility index (Phi) is 4.80. The van der Waals surface area contributed by atoms with Crippen molar-refractivity contribution < 1.29 is 19.1 Å². The van der Waals surface area contributed by atoms with E-state index in [1.807, 2.05) is 0 Å². The molecule has 0 saturated carbocycles. The Morgan fingerprint density at radius 3 is 2.23 bits per heavy atom. The molecule has 0 fully saturated rings. The number of hydrogen-bond donors (Lipinski definition) is 3. The van der Waals surface area contributed by atoms with Gasteiger partial charge in [-0.3, -0.25) is 10.1 Å². The third-order valence-electron chi connectivity index (χ3n) is 2.75. The largest absolute Gasteiger partial charge is 0.478 e. The number of para-hydroxylation sites is 1. The molecule has 0 aromatic heterocycles. The molecule has 7 heteroatoms. The number of aromatic carboxylic acids is 1. The molecule has 22 heavy (non-hydrogen) atoms. The zero-order chi connectivity index (χ0) is 16.1. The second-order valence-corrected chi connectivity index (χ2v) is 4.65. The van der Waals surface area contributed by atoms with Crippen LogP contribution in [0.15, 0.2) is 48.5 Å². The number of benzene rings is 2. The van der Waals surface area contributed by atoms with E-state index in [9.17, 15) is 14.0 Å². The van der Waals surface area contributed by atoms with Gasteiger partial charge in [0.05, 0.1) is 16.8 Å². The highest BCUT2D eigenvalue weighted by molar-refractivity contribution is 7.80. The third kappa shape index (κ3) is 3.64. The summed E-state index contributed by atoms with van der Waals surface area (Å²) in [7, 11) is 0. The number of carboxylic acids is 1. The molecule has 0 radical (unpaired) electrons. The molecule has 0 aliphatic carbocycles. The van der Waals surface area contributed by atoms with Gasteiger partial charge in [-0.2, -0.15) is 0 Å². The molecule has 112 valence electrons. The summed E-state index contributed by atoms with van der Waals surface area (Å²) in [6.45, 7) is 0. The summed E-state index contributed by atoms with van der Waals surface area (Å²) in [5.74, 6) is -2.52. The van der Waals surface area contributed by atoms with Crippen molar-refractivity contribution in [2.75, 3.05) is 5.32 Å². The lowest BCUT2D eigenvalue weighted by atomic mass is 10.2. The second kappa shape index (κ2) is 6.77. The van der Waals surface area contributed by atoms with Crippen LogP contribution in [0.5, 0.6) is 0 Å². The van der Waals surface area contributed by atoms with Gasteiger partial charge in [0.2, 0.25) is 0 Å². The maximum absolute atomic E-state index is 13.5. The molecule has 0 aliphatic rings. The zero-order valence-electron chi connectivity index (χ0n) is 11.2. The van der Waals surface area contributed by atoms with E-state index >= 15 is 0 Å². The van der Waals surface area contributed by atoms with Crippen LogP contribution in [0, 0.1) is 5.82 Å². The standard InChI is InChI=1S/C15H11FN2O3S/c16-11-7-3-1-5-9(11)13(19)18-15(22)17-12-8-4-2-6-10(12)14(20)21/h1-8H,(H,20,21)(H2,17,18,19,22). The number of carboxylic acid groups (broad SMARTS) is 1. The fourth-order valence-corrected chi connectivity index (χ4v) is 1.95. The van der Waals surface area contributed by atoms with Crippen LogP contribution in [0.2, 0.25) is 0 Å². The maximum atomic E-state index is 13.5. The van der Waals surface area contributed by atoms with E-state index in [-0.39, 0.29) is 21.9 Å². The molecule has 2 rings (SSSR count). The maximum Gasteiger partial charge on any atom is 0.337 e. The van der Waals surface area contributed by atoms with Crippen molar-refractivity contribution in [2.45, 2.75) is 0 Å². The number of anilines is 1. The van der Waals surface area contributed by atoms with Crippen molar-refractivity contribution in [1.29, 1.82) is 0 Å². The third-order valence-corrected chi connectivity index (χ3v) is 2.96. The molecule has 3 N–H and O–H groups in total. The van der Waals surface area contributed by atoms with Crippen molar-refractivity contribution >= 4 is 34.9 Å². The Balaban J connectivity index is 2.10. The highest BCUT2D eigenvalue weighted by atomic mass is 32.1. The predicted octanol–water partition coefficient (Wildman–Crippen LogP) is 2.65. The molecule has 5 nitrogen and oxygen atoms in total. The van der Waals surface area contributed by atoms with E-state index in [1.165, 1.54) is 30.3 Å². The van der Waals surface area contributed by atoms with Crippen molar-refractivity contribution in [3.63, 3.8) is 0 Å². The average molecular weight is 318 g/mol. The van der Waals surface area contributed by atoms with Crippen LogP contribution in [0.4, 0.5) is 10.1 Å². The average Bonchev–Trinajstić information content (AvgIpc) is 2.47. The first kappa shape index (κ1) is 15.6. The number of nitrogens with one attached hydrogen (secondary N) is 2. The molecule has 0 unspecified atom stereocenters. The fourth-order valence-electron chi connectivity index (χ4n) is 1.75. The SMILES string of the molecule is O=C(NC(=S)Nc1ccccc1C(=O)O)c1ccccc1F. The number of halogens is 1. The summed E-state index contributed by atoms with van der Waals surface area (Å²) in [4.78, 5) is 23.0. The van der Waals surface area contributed by atoms with E-state index in [0.29, 0.717) is 0 Å². The minimum absolute atomic E-state index is 0.00462. The summed E-state index contributed by atoms with van der Waals surface area (Å²) < 4.78 is 13.5. The summed E-state index contributed by atoms with van der Waals surface area (Å²) in [6.07, 6.45) is 0. The van der Waals surface area contributed by atoms with E-state index in [0.717, 1.165) is 6.07 Å². The zero-order valence-corrected chi connectivity index (χ0v) is 12.0. The first-order valence-corrected chi connectivity index (χ1v) is 6.59. The van der Waals surface area contributed by atoms with E-state index < -0.39 is 17.7 Å². The minimum Gasteiger partial charge on any atom is -0.478 e. The smallest absolute Gasteiger partial charge is 0.337 e. The van der Waals surface area contributed by atoms with E-state index in [4.69, 9.17) is 17.3 Å². The van der Waals surface area contributed by atoms with Crippen LogP contribution >= 0.6 is 12.2 Å². The van der Waals surface area contributed by atoms with Crippen LogP contribution in [0.25, 0.3) is 0 Å². The predicted molar refractivity (Wildman–Crippen MR) is 83.5 cm³/mol. The topological polar surface area (TPSA) is 78.4 Å². The quantitative estimate of drug-likeness (QED) is 0.758. The van der Waals surface area contributed by atoms with Crippen LogP contribution in [-0.2, 0) is 0 Å². The molecule has 1 amide bonds. The first-order chi connectivity index (χ1) is 10.5. The fraction of sp³-hybridized carbons (Fsp3) is 0. The minimum atomic E-state index is -1.13. The Morgan fingerprint density at radius 1 is 1.00 bits per heavy atom. The number of carbonyl (C=O) groups excluding carboxylic acids is 1. The first-order valence-electron chi connectivity index (χ1n) is 6.18. The molecule has 0 aliphatic heterocycles. The number of amides is 1. The van der Waals surface area contributed by atoms with Crippen molar-refractivity contribution in [2.24, 2.45) is 0 Å². The lowest BCUT2D eigenvalue weighted by Crippen LogP contribution is -2.35. The van der Waals surface area contributed by atoms with Gasteiger partial charge in [-0.25, -0.2) is 9.18 Å². The summed E-state index contributed by atoms with van der Waals surface area (Å²) in [6, 6.07) is 11.5. The second-order valence-electron chi connectivity index (χ2n) is 4.24. The van der Waals surface area contributed by atoms with Gasteiger partial charge >= 0.3 is 5.97 Å². The van der Waals surface area contributed by atoms with Gasteiger partial charge in [0, 0.05) is 0 Å². The molecule has 0 atom stereocenters. The Morgan fingerprint density at radius 2 is 1.59 bits per heavy atom. The van der Waals surface area contributed by atoms with Crippen molar-refractivity contribution in [3.8, 4) is 0 Å². The number of carbonyl (C=O) groups is 2. The van der Waals surface area contributed by atoms with Crippen molar-refractivity contribution in [3.05, 3.63) is 65.5 Å². The number of rotatable bonds is 3. The molecule has 0 bridgehead atoms. The highest BCUT2D eigenvalue weighted by Gasteiger charge is 2.14. The van der Waals surface area contributed by atoms with Gasteiger partial charge in [-0.15, -0.1) is 0 Å². The molecular formula is C15H11FN2O3S. The molecule has 2 aromatic carbocycles. The van der Waals surface area contributed by atoms with Gasteiger partial charge < -0.3 is 10.4 Å². The van der Waals surface area contributed by atoms with Crippen molar-refractivity contribution in [1.82, 2.24) is 5.32 Å². The van der Waals surface area contributed by atoms with Gasteiger partial charge in [0.25, 0.3) is 5.91 Å².